The van der Waals surface area contributed by atoms with Gasteiger partial charge in [0.1, 0.15) is 5.75 Å². The molecule has 0 aromatic heterocycles. The van der Waals surface area contributed by atoms with E-state index in [0.717, 1.165) is 16.9 Å². The number of benzene rings is 4. The molecule has 0 radical (unpaired) electrons. The molecular formula is C37H40O4. The van der Waals surface area contributed by atoms with Gasteiger partial charge in [0.2, 0.25) is 11.6 Å². The number of ether oxygens (including phenoxy) is 2. The van der Waals surface area contributed by atoms with Crippen LogP contribution < -0.4 is 4.74 Å². The van der Waals surface area contributed by atoms with Gasteiger partial charge in [-0.2, -0.15) is 0 Å². The highest BCUT2D eigenvalue weighted by atomic mass is 16.5. The monoisotopic (exact) mass is 548 g/mol. The summed E-state index contributed by atoms with van der Waals surface area (Å²) in [7, 11) is 1.65. The predicted octanol–water partition coefficient (Wildman–Crippen LogP) is 8.25. The molecule has 4 nitrogen and oxygen atoms in total. The lowest BCUT2D eigenvalue weighted by Crippen LogP contribution is -2.54. The Hall–Kier alpha value is -4.02. The summed E-state index contributed by atoms with van der Waals surface area (Å²) in [5.74, 6) is -0.411. The van der Waals surface area contributed by atoms with Gasteiger partial charge in [0.25, 0.3) is 0 Å². The third kappa shape index (κ3) is 6.66. The second kappa shape index (κ2) is 13.1. The van der Waals surface area contributed by atoms with Crippen molar-refractivity contribution in [1.82, 2.24) is 0 Å². The van der Waals surface area contributed by atoms with Crippen LogP contribution in [0.2, 0.25) is 0 Å². The van der Waals surface area contributed by atoms with Crippen molar-refractivity contribution in [1.29, 1.82) is 0 Å². The largest absolute Gasteiger partial charge is 0.497 e. The van der Waals surface area contributed by atoms with Crippen LogP contribution in [-0.4, -0.2) is 30.9 Å². The van der Waals surface area contributed by atoms with Crippen molar-refractivity contribution in [3.05, 3.63) is 137 Å². The number of Topliss-reactive ketones (excluding diaryl/α,β-unsaturated/α-hetero) is 2. The molecule has 0 aliphatic heterocycles. The highest BCUT2D eigenvalue weighted by Gasteiger charge is 2.53. The van der Waals surface area contributed by atoms with Crippen molar-refractivity contribution in [2.24, 2.45) is 0 Å². The van der Waals surface area contributed by atoms with Gasteiger partial charge in [0, 0.05) is 23.7 Å². The van der Waals surface area contributed by atoms with Gasteiger partial charge >= 0.3 is 0 Å². The van der Waals surface area contributed by atoms with Crippen LogP contribution in [0.3, 0.4) is 0 Å². The van der Waals surface area contributed by atoms with E-state index in [1.54, 1.807) is 31.4 Å². The summed E-state index contributed by atoms with van der Waals surface area (Å²) < 4.78 is 11.8. The summed E-state index contributed by atoms with van der Waals surface area (Å²) >= 11 is 0. The Morgan fingerprint density at radius 1 is 0.707 bits per heavy atom. The molecule has 1 unspecified atom stereocenters. The van der Waals surface area contributed by atoms with Crippen molar-refractivity contribution in [3.8, 4) is 5.75 Å². The molecule has 4 rings (SSSR count). The maximum Gasteiger partial charge on any atom is 0.203 e. The molecule has 0 heterocycles. The molecule has 0 saturated heterocycles. The summed E-state index contributed by atoms with van der Waals surface area (Å²) in [6, 6.07) is 34.3. The van der Waals surface area contributed by atoms with Crippen molar-refractivity contribution in [2.75, 3.05) is 13.7 Å². The molecule has 0 aliphatic rings. The number of hydrogen-bond donors (Lipinski definition) is 0. The molecule has 0 bridgehead atoms. The summed E-state index contributed by atoms with van der Waals surface area (Å²) in [5, 5.41) is 0. The molecule has 41 heavy (non-hydrogen) atoms. The molecule has 0 aliphatic carbocycles. The lowest BCUT2D eigenvalue weighted by Gasteiger charge is -2.39. The van der Waals surface area contributed by atoms with Gasteiger partial charge in [0.15, 0.2) is 5.60 Å². The van der Waals surface area contributed by atoms with Gasteiger partial charge in [-0.25, -0.2) is 0 Å². The van der Waals surface area contributed by atoms with Crippen LogP contribution in [0.1, 0.15) is 77.4 Å². The van der Waals surface area contributed by atoms with Gasteiger partial charge in [0.05, 0.1) is 7.11 Å². The third-order valence-corrected chi connectivity index (χ3v) is 7.67. The van der Waals surface area contributed by atoms with Crippen LogP contribution >= 0.6 is 0 Å². The minimum Gasteiger partial charge on any atom is -0.497 e. The van der Waals surface area contributed by atoms with Gasteiger partial charge in [-0.05, 0) is 54.0 Å². The molecule has 4 aromatic rings. The molecule has 4 aromatic carbocycles. The highest BCUT2D eigenvalue weighted by molar-refractivity contribution is 6.23. The minimum absolute atomic E-state index is 0.0339. The Kier molecular flexibility index (Phi) is 9.57. The van der Waals surface area contributed by atoms with Crippen molar-refractivity contribution < 1.29 is 19.1 Å². The zero-order chi connectivity index (χ0) is 29.5. The second-order valence-corrected chi connectivity index (χ2v) is 11.4. The van der Waals surface area contributed by atoms with Crippen LogP contribution in [0, 0.1) is 0 Å². The van der Waals surface area contributed by atoms with E-state index in [1.165, 1.54) is 5.56 Å². The topological polar surface area (TPSA) is 52.6 Å². The van der Waals surface area contributed by atoms with Crippen LogP contribution in [0.15, 0.2) is 109 Å². The smallest absolute Gasteiger partial charge is 0.203 e. The fourth-order valence-electron chi connectivity index (χ4n) is 5.41. The number of carbonyl (C=O) groups excluding carboxylic acids is 2. The summed E-state index contributed by atoms with van der Waals surface area (Å²) in [5.41, 5.74) is 2.28. The maximum absolute atomic E-state index is 14.6. The summed E-state index contributed by atoms with van der Waals surface area (Å²) in [4.78, 5) is 29.3. The lowest BCUT2D eigenvalue weighted by atomic mass is 9.70. The van der Waals surface area contributed by atoms with Crippen molar-refractivity contribution in [2.45, 2.75) is 57.5 Å². The molecule has 0 fully saturated rings. The van der Waals surface area contributed by atoms with E-state index in [4.69, 9.17) is 9.47 Å². The zero-order valence-corrected chi connectivity index (χ0v) is 24.7. The molecule has 0 spiro atoms. The fraction of sp³-hybridized carbons (Fsp3) is 0.297. The second-order valence-electron chi connectivity index (χ2n) is 11.4. The summed E-state index contributed by atoms with van der Waals surface area (Å²) in [6.07, 6.45) is 1.17. The highest BCUT2D eigenvalue weighted by Crippen LogP contribution is 2.41. The van der Waals surface area contributed by atoms with E-state index < -0.39 is 11.5 Å². The quantitative estimate of drug-likeness (QED) is 0.132. The van der Waals surface area contributed by atoms with E-state index in [0.29, 0.717) is 24.0 Å². The molecule has 4 heteroatoms. The number of hydrogen-bond acceptors (Lipinski definition) is 4. The molecule has 1 atom stereocenters. The maximum atomic E-state index is 14.6. The number of carbonyl (C=O) groups is 2. The lowest BCUT2D eigenvalue weighted by molar-refractivity contribution is -0.0232. The Bertz CT molecular complexity index is 1370. The molecule has 212 valence electrons. The number of ketones is 2. The first-order chi connectivity index (χ1) is 19.7. The Balaban J connectivity index is 1.91. The standard InChI is InChI=1S/C37H40O4/c1-6-41-37(34(38)29-13-9-7-10-14-29,35(39)30-15-11-8-12-16-30)33(26-19-27-17-24-32(40-5)25-18-27)28-20-22-31(23-21-28)36(2,3)4/h7-18,20-25,33H,6,19,26H2,1-5H3. The van der Waals surface area contributed by atoms with E-state index in [2.05, 4.69) is 45.0 Å². The zero-order valence-electron chi connectivity index (χ0n) is 24.7. The summed E-state index contributed by atoms with van der Waals surface area (Å²) in [6.45, 7) is 8.56. The Morgan fingerprint density at radius 2 is 1.22 bits per heavy atom. The minimum atomic E-state index is -1.76. The molecule has 0 amide bonds. The fourth-order valence-corrected chi connectivity index (χ4v) is 5.41. The first-order valence-corrected chi connectivity index (χ1v) is 14.3. The van der Waals surface area contributed by atoms with Gasteiger partial charge in [-0.15, -0.1) is 0 Å². The molecule has 0 saturated carbocycles. The Morgan fingerprint density at radius 3 is 1.66 bits per heavy atom. The number of methoxy groups -OCH3 is 1. The van der Waals surface area contributed by atoms with E-state index in [1.807, 2.05) is 67.6 Å². The van der Waals surface area contributed by atoms with Gasteiger partial charge in [-0.3, -0.25) is 9.59 Å². The van der Waals surface area contributed by atoms with E-state index >= 15 is 0 Å². The van der Waals surface area contributed by atoms with Crippen molar-refractivity contribution >= 4 is 11.6 Å². The predicted molar refractivity (Wildman–Crippen MR) is 165 cm³/mol. The number of aryl methyl sites for hydroxylation is 1. The third-order valence-electron chi connectivity index (χ3n) is 7.67. The van der Waals surface area contributed by atoms with Crippen molar-refractivity contribution in [3.63, 3.8) is 0 Å². The molecule has 0 N–H and O–H groups in total. The average molecular weight is 549 g/mol. The average Bonchev–Trinajstić information content (AvgIpc) is 3.00. The van der Waals surface area contributed by atoms with Crippen LogP contribution in [0.5, 0.6) is 5.75 Å². The van der Waals surface area contributed by atoms with Crippen LogP contribution in [-0.2, 0) is 16.6 Å². The van der Waals surface area contributed by atoms with Crippen LogP contribution in [0.4, 0.5) is 0 Å². The van der Waals surface area contributed by atoms with E-state index in [-0.39, 0.29) is 23.6 Å². The normalized spacial score (nSPS) is 12.5. The number of rotatable bonds is 12. The van der Waals surface area contributed by atoms with Crippen LogP contribution in [0.25, 0.3) is 0 Å². The van der Waals surface area contributed by atoms with Gasteiger partial charge in [-0.1, -0.05) is 118 Å². The van der Waals surface area contributed by atoms with Gasteiger partial charge < -0.3 is 9.47 Å². The molecular weight excluding hydrogens is 508 g/mol. The first-order valence-electron chi connectivity index (χ1n) is 14.3. The SMILES string of the molecule is CCOC(C(=O)c1ccccc1)(C(=O)c1ccccc1)C(CCc1ccc(OC)cc1)c1ccc(C(C)(C)C)cc1. The Labute approximate surface area is 244 Å². The van der Waals surface area contributed by atoms with E-state index in [9.17, 15) is 9.59 Å². The first kappa shape index (κ1) is 30.0.